The second-order valence-electron chi connectivity index (χ2n) is 3.49. The van der Waals surface area contributed by atoms with Crippen LogP contribution in [0.1, 0.15) is 19.0 Å². The van der Waals surface area contributed by atoms with Gasteiger partial charge < -0.3 is 15.8 Å². The van der Waals surface area contributed by atoms with Gasteiger partial charge in [-0.1, -0.05) is 0 Å². The minimum atomic E-state index is -0.463. The van der Waals surface area contributed by atoms with Gasteiger partial charge in [-0.25, -0.2) is 4.98 Å². The van der Waals surface area contributed by atoms with Gasteiger partial charge >= 0.3 is 5.97 Å². The molecule has 1 rings (SSSR count). The molecule has 0 aliphatic heterocycles. The van der Waals surface area contributed by atoms with E-state index in [1.165, 1.54) is 18.4 Å². The number of aromatic nitrogens is 1. The SMILES string of the molecule is COC(=O)CCc1csc(NC(C)C(N)=O)n1. The number of esters is 1. The molecule has 0 spiro atoms. The van der Waals surface area contributed by atoms with Gasteiger partial charge in [-0.2, -0.15) is 0 Å². The number of thiazole rings is 1. The van der Waals surface area contributed by atoms with E-state index in [1.54, 1.807) is 6.92 Å². The van der Waals surface area contributed by atoms with Crippen LogP contribution in [0.2, 0.25) is 0 Å². The largest absolute Gasteiger partial charge is 0.469 e. The van der Waals surface area contributed by atoms with Crippen molar-refractivity contribution < 1.29 is 14.3 Å². The first-order chi connectivity index (χ1) is 8.02. The summed E-state index contributed by atoms with van der Waals surface area (Å²) in [5.74, 6) is -0.700. The molecule has 0 fully saturated rings. The highest BCUT2D eigenvalue weighted by atomic mass is 32.1. The van der Waals surface area contributed by atoms with Gasteiger partial charge in [-0.3, -0.25) is 9.59 Å². The maximum atomic E-state index is 10.9. The summed E-state index contributed by atoms with van der Waals surface area (Å²) >= 11 is 1.37. The van der Waals surface area contributed by atoms with Crippen LogP contribution in [-0.4, -0.2) is 30.0 Å². The van der Waals surface area contributed by atoms with E-state index in [0.29, 0.717) is 18.0 Å². The summed E-state index contributed by atoms with van der Waals surface area (Å²) in [5, 5.41) is 5.33. The summed E-state index contributed by atoms with van der Waals surface area (Å²) in [6.45, 7) is 1.66. The molecule has 0 aliphatic rings. The van der Waals surface area contributed by atoms with Crippen molar-refractivity contribution in [3.05, 3.63) is 11.1 Å². The molecule has 94 valence electrons. The molecule has 6 nitrogen and oxygen atoms in total. The standard InChI is InChI=1S/C10H15N3O3S/c1-6(9(11)15)12-10-13-7(5-17-10)3-4-8(14)16-2/h5-6H,3-4H2,1-2H3,(H2,11,15)(H,12,13). The molecule has 1 atom stereocenters. The van der Waals surface area contributed by atoms with Gasteiger partial charge in [0.05, 0.1) is 19.2 Å². The summed E-state index contributed by atoms with van der Waals surface area (Å²) in [5.41, 5.74) is 5.91. The lowest BCUT2D eigenvalue weighted by Crippen LogP contribution is -2.32. The lowest BCUT2D eigenvalue weighted by Gasteiger charge is -2.07. The van der Waals surface area contributed by atoms with E-state index >= 15 is 0 Å². The smallest absolute Gasteiger partial charge is 0.305 e. The summed E-state index contributed by atoms with van der Waals surface area (Å²) in [4.78, 5) is 26.0. The van der Waals surface area contributed by atoms with Gasteiger partial charge in [0.25, 0.3) is 0 Å². The van der Waals surface area contributed by atoms with Gasteiger partial charge in [0, 0.05) is 11.8 Å². The second-order valence-corrected chi connectivity index (χ2v) is 4.35. The highest BCUT2D eigenvalue weighted by molar-refractivity contribution is 7.13. The van der Waals surface area contributed by atoms with E-state index in [0.717, 1.165) is 5.69 Å². The second kappa shape index (κ2) is 6.19. The van der Waals surface area contributed by atoms with Crippen molar-refractivity contribution in [1.29, 1.82) is 0 Å². The number of amides is 1. The number of carbonyl (C=O) groups is 2. The quantitative estimate of drug-likeness (QED) is 0.725. The van der Waals surface area contributed by atoms with E-state index in [4.69, 9.17) is 5.73 Å². The molecule has 0 saturated heterocycles. The number of anilines is 1. The van der Waals surface area contributed by atoms with Crippen molar-refractivity contribution in [2.24, 2.45) is 5.73 Å². The van der Waals surface area contributed by atoms with Crippen LogP contribution < -0.4 is 11.1 Å². The van der Waals surface area contributed by atoms with E-state index < -0.39 is 11.9 Å². The van der Waals surface area contributed by atoms with Crippen LogP contribution in [0.5, 0.6) is 0 Å². The number of hydrogen-bond donors (Lipinski definition) is 2. The minimum Gasteiger partial charge on any atom is -0.469 e. The summed E-state index contributed by atoms with van der Waals surface area (Å²) in [7, 11) is 1.35. The molecule has 3 N–H and O–H groups in total. The zero-order chi connectivity index (χ0) is 12.8. The zero-order valence-corrected chi connectivity index (χ0v) is 10.5. The number of methoxy groups -OCH3 is 1. The van der Waals surface area contributed by atoms with Crippen LogP contribution in [0, 0.1) is 0 Å². The Hall–Kier alpha value is -1.63. The highest BCUT2D eigenvalue weighted by Crippen LogP contribution is 2.17. The topological polar surface area (TPSA) is 94.3 Å². The van der Waals surface area contributed by atoms with E-state index in [-0.39, 0.29) is 5.97 Å². The average molecular weight is 257 g/mol. The van der Waals surface area contributed by atoms with E-state index in [1.807, 2.05) is 5.38 Å². The van der Waals surface area contributed by atoms with Crippen LogP contribution in [0.3, 0.4) is 0 Å². The molecule has 17 heavy (non-hydrogen) atoms. The van der Waals surface area contributed by atoms with Crippen molar-refractivity contribution >= 4 is 28.3 Å². The third kappa shape index (κ3) is 4.39. The van der Waals surface area contributed by atoms with Crippen molar-refractivity contribution in [1.82, 2.24) is 4.98 Å². The van der Waals surface area contributed by atoms with Crippen molar-refractivity contribution in [2.45, 2.75) is 25.8 Å². The molecule has 0 aromatic carbocycles. The van der Waals surface area contributed by atoms with E-state index in [9.17, 15) is 9.59 Å². The Bertz CT molecular complexity index is 405. The van der Waals surface area contributed by atoms with Gasteiger partial charge in [0.1, 0.15) is 6.04 Å². The number of carbonyl (C=O) groups excluding carboxylic acids is 2. The monoisotopic (exact) mass is 257 g/mol. The van der Waals surface area contributed by atoms with Gasteiger partial charge in [-0.15, -0.1) is 11.3 Å². The fraction of sp³-hybridized carbons (Fsp3) is 0.500. The van der Waals surface area contributed by atoms with Crippen molar-refractivity contribution in [3.63, 3.8) is 0 Å². The average Bonchev–Trinajstić information content (AvgIpc) is 2.73. The van der Waals surface area contributed by atoms with Crippen LogP contribution in [0.25, 0.3) is 0 Å². The zero-order valence-electron chi connectivity index (χ0n) is 9.73. The van der Waals surface area contributed by atoms with Crippen LogP contribution >= 0.6 is 11.3 Å². The summed E-state index contributed by atoms with van der Waals surface area (Å²) < 4.78 is 4.53. The fourth-order valence-electron chi connectivity index (χ4n) is 1.08. The van der Waals surface area contributed by atoms with E-state index in [2.05, 4.69) is 15.0 Å². The Morgan fingerprint density at radius 2 is 2.35 bits per heavy atom. The fourth-order valence-corrected chi connectivity index (χ4v) is 1.91. The number of nitrogens with zero attached hydrogens (tertiary/aromatic N) is 1. The highest BCUT2D eigenvalue weighted by Gasteiger charge is 2.11. The Morgan fingerprint density at radius 1 is 1.65 bits per heavy atom. The van der Waals surface area contributed by atoms with Crippen molar-refractivity contribution in [3.8, 4) is 0 Å². The predicted molar refractivity (Wildman–Crippen MR) is 64.7 cm³/mol. The Balaban J connectivity index is 2.48. The molecule has 0 aliphatic carbocycles. The lowest BCUT2D eigenvalue weighted by atomic mass is 10.2. The number of nitrogens with two attached hydrogens (primary N) is 1. The molecule has 1 amide bonds. The number of rotatable bonds is 6. The molecule has 0 radical (unpaired) electrons. The van der Waals surface area contributed by atoms with Crippen LogP contribution in [0.15, 0.2) is 5.38 Å². The molecular formula is C10H15N3O3S. The number of primary amides is 1. The Morgan fingerprint density at radius 3 is 2.94 bits per heavy atom. The van der Waals surface area contributed by atoms with Gasteiger partial charge in [0.2, 0.25) is 5.91 Å². The molecule has 1 heterocycles. The number of aryl methyl sites for hydroxylation is 1. The maximum absolute atomic E-state index is 10.9. The molecule has 1 unspecified atom stereocenters. The maximum Gasteiger partial charge on any atom is 0.305 e. The van der Waals surface area contributed by atoms with Crippen molar-refractivity contribution in [2.75, 3.05) is 12.4 Å². The molecule has 1 aromatic rings. The normalized spacial score (nSPS) is 11.9. The predicted octanol–water partition coefficient (Wildman–Crippen LogP) is 0.534. The molecular weight excluding hydrogens is 242 g/mol. The molecule has 7 heteroatoms. The molecule has 0 bridgehead atoms. The van der Waals surface area contributed by atoms with Crippen LogP contribution in [0.4, 0.5) is 5.13 Å². The van der Waals surface area contributed by atoms with Gasteiger partial charge in [-0.05, 0) is 6.92 Å². The summed E-state index contributed by atoms with van der Waals surface area (Å²) in [6.07, 6.45) is 0.820. The molecule has 1 aromatic heterocycles. The minimum absolute atomic E-state index is 0.266. The Labute approximate surface area is 103 Å². The third-order valence-corrected chi connectivity index (χ3v) is 2.95. The Kier molecular flexibility index (Phi) is 4.89. The number of ether oxygens (including phenoxy) is 1. The first kappa shape index (κ1) is 13.4. The van der Waals surface area contributed by atoms with Gasteiger partial charge in [0.15, 0.2) is 5.13 Å². The summed E-state index contributed by atoms with van der Waals surface area (Å²) in [6, 6.07) is -0.463. The third-order valence-electron chi connectivity index (χ3n) is 2.13. The first-order valence-corrected chi connectivity index (χ1v) is 5.98. The number of nitrogens with one attached hydrogen (secondary N) is 1. The lowest BCUT2D eigenvalue weighted by molar-refractivity contribution is -0.140. The molecule has 0 saturated carbocycles. The number of hydrogen-bond acceptors (Lipinski definition) is 6. The van der Waals surface area contributed by atoms with Crippen LogP contribution in [-0.2, 0) is 20.7 Å². The first-order valence-electron chi connectivity index (χ1n) is 5.10.